The van der Waals surface area contributed by atoms with Gasteiger partial charge in [-0.15, -0.1) is 0 Å². The van der Waals surface area contributed by atoms with E-state index in [0.717, 1.165) is 0 Å². The highest BCUT2D eigenvalue weighted by atomic mass is 32.2. The summed E-state index contributed by atoms with van der Waals surface area (Å²) in [4.78, 5) is 23.4. The first-order valence-corrected chi connectivity index (χ1v) is 9.69. The maximum absolute atomic E-state index is 12.0. The molecule has 1 aromatic carbocycles. The van der Waals surface area contributed by atoms with Crippen LogP contribution in [-0.4, -0.2) is 70.2 Å². The van der Waals surface area contributed by atoms with E-state index >= 15 is 0 Å². The van der Waals surface area contributed by atoms with E-state index in [-0.39, 0.29) is 19.6 Å². The van der Waals surface area contributed by atoms with Crippen LogP contribution in [0.15, 0.2) is 30.3 Å². The van der Waals surface area contributed by atoms with Crippen LogP contribution in [0.25, 0.3) is 0 Å². The smallest absolute Gasteiger partial charge is 0.326 e. The first-order chi connectivity index (χ1) is 12.4. The number of carbonyl (C=O) groups excluding carboxylic acids is 1. The zero-order valence-electron chi connectivity index (χ0n) is 14.8. The maximum Gasteiger partial charge on any atom is 0.326 e. The quantitative estimate of drug-likeness (QED) is 0.376. The second kappa shape index (κ2) is 12.7. The average Bonchev–Trinajstić information content (AvgIpc) is 2.64. The number of aliphatic carboxylic acids is 1. The summed E-state index contributed by atoms with van der Waals surface area (Å²) in [7, 11) is 0. The summed E-state index contributed by atoms with van der Waals surface area (Å²) >= 11 is 1.39. The van der Waals surface area contributed by atoms with E-state index in [2.05, 4.69) is 5.32 Å². The fourth-order valence-corrected chi connectivity index (χ4v) is 2.95. The number of rotatable bonds is 13. The van der Waals surface area contributed by atoms with Crippen LogP contribution in [0.4, 0.5) is 0 Å². The van der Waals surface area contributed by atoms with Crippen LogP contribution in [0.2, 0.25) is 0 Å². The van der Waals surface area contributed by atoms with Gasteiger partial charge in [-0.05, 0) is 30.7 Å². The Morgan fingerprint density at radius 1 is 1.15 bits per heavy atom. The normalized spacial score (nSPS) is 14.4. The summed E-state index contributed by atoms with van der Waals surface area (Å²) < 4.78 is 5.20. The summed E-state index contributed by atoms with van der Waals surface area (Å²) in [5.74, 6) is -0.653. The number of carbonyl (C=O) groups is 2. The lowest BCUT2D eigenvalue weighted by Crippen LogP contribution is -2.41. The van der Waals surface area contributed by atoms with Gasteiger partial charge in [-0.1, -0.05) is 25.1 Å². The van der Waals surface area contributed by atoms with Crippen molar-refractivity contribution in [2.75, 3.05) is 24.7 Å². The number of ether oxygens (including phenoxy) is 1. The highest BCUT2D eigenvalue weighted by Crippen LogP contribution is 2.09. The Balaban J connectivity index is 2.27. The monoisotopic (exact) mass is 385 g/mol. The molecule has 3 unspecified atom stereocenters. The number of thioether (sulfide) groups is 1. The predicted octanol–water partition coefficient (Wildman–Crippen LogP) is 1.14. The van der Waals surface area contributed by atoms with Gasteiger partial charge in [-0.25, -0.2) is 4.79 Å². The van der Waals surface area contributed by atoms with Crippen LogP contribution in [0.3, 0.4) is 0 Å². The number of nitrogens with one attached hydrogen (secondary N) is 1. The van der Waals surface area contributed by atoms with Crippen molar-refractivity contribution < 1.29 is 29.6 Å². The summed E-state index contributed by atoms with van der Waals surface area (Å²) in [5.41, 5.74) is 0.410. The number of hydrogen-bond acceptors (Lipinski definition) is 6. The van der Waals surface area contributed by atoms with E-state index in [9.17, 15) is 24.9 Å². The minimum absolute atomic E-state index is 0.122. The highest BCUT2D eigenvalue weighted by molar-refractivity contribution is 7.99. The van der Waals surface area contributed by atoms with E-state index in [1.54, 1.807) is 30.3 Å². The molecule has 8 heteroatoms. The zero-order valence-corrected chi connectivity index (χ0v) is 15.7. The molecule has 1 amide bonds. The van der Waals surface area contributed by atoms with Gasteiger partial charge in [0.15, 0.2) is 0 Å². The third-order valence-corrected chi connectivity index (χ3v) is 4.74. The number of carboxylic acids is 1. The molecule has 0 bridgehead atoms. The van der Waals surface area contributed by atoms with Crippen LogP contribution < -0.4 is 5.32 Å². The number of amides is 1. The SMILES string of the molecule is CCC(O)COCC(O)CSCCC(NC(=O)c1ccccc1)C(=O)O. The molecule has 0 radical (unpaired) electrons. The summed E-state index contributed by atoms with van der Waals surface area (Å²) in [6, 6.07) is 7.46. The van der Waals surface area contributed by atoms with Crippen molar-refractivity contribution in [3.8, 4) is 0 Å². The van der Waals surface area contributed by atoms with Gasteiger partial charge in [0.1, 0.15) is 6.04 Å². The van der Waals surface area contributed by atoms with Crippen molar-refractivity contribution in [3.63, 3.8) is 0 Å². The molecule has 4 N–H and O–H groups in total. The molecule has 0 aromatic heterocycles. The molecule has 1 rings (SSSR count). The second-order valence-electron chi connectivity index (χ2n) is 5.85. The van der Waals surface area contributed by atoms with Gasteiger partial charge in [0, 0.05) is 11.3 Å². The van der Waals surface area contributed by atoms with E-state index in [1.165, 1.54) is 11.8 Å². The topological polar surface area (TPSA) is 116 Å². The lowest BCUT2D eigenvalue weighted by molar-refractivity contribution is -0.139. The van der Waals surface area contributed by atoms with Crippen LogP contribution in [0.1, 0.15) is 30.1 Å². The van der Waals surface area contributed by atoms with E-state index in [4.69, 9.17) is 4.74 Å². The fourth-order valence-electron chi connectivity index (χ4n) is 2.02. The molecule has 7 nitrogen and oxygen atoms in total. The Hall–Kier alpha value is -1.61. The van der Waals surface area contributed by atoms with Gasteiger partial charge < -0.3 is 25.4 Å². The fraction of sp³-hybridized carbons (Fsp3) is 0.556. The number of aliphatic hydroxyl groups is 2. The van der Waals surface area contributed by atoms with Crippen LogP contribution in [-0.2, 0) is 9.53 Å². The van der Waals surface area contributed by atoms with Crippen molar-refractivity contribution in [1.82, 2.24) is 5.32 Å². The van der Waals surface area contributed by atoms with Crippen LogP contribution >= 0.6 is 11.8 Å². The standard InChI is InChI=1S/C18H27NO6S/c1-2-14(20)10-25-11-15(21)12-26-9-8-16(18(23)24)19-17(22)13-6-4-3-5-7-13/h3-7,14-16,20-21H,2,8-12H2,1H3,(H,19,22)(H,23,24). The molecule has 3 atom stereocenters. The molecular weight excluding hydrogens is 358 g/mol. The zero-order chi connectivity index (χ0) is 19.4. The molecule has 0 saturated carbocycles. The molecule has 0 aliphatic heterocycles. The van der Waals surface area contributed by atoms with Crippen LogP contribution in [0, 0.1) is 0 Å². The van der Waals surface area contributed by atoms with Crippen molar-refractivity contribution in [2.24, 2.45) is 0 Å². The van der Waals surface area contributed by atoms with Gasteiger partial charge in [-0.3, -0.25) is 4.79 Å². The van der Waals surface area contributed by atoms with Gasteiger partial charge >= 0.3 is 5.97 Å². The molecule has 0 fully saturated rings. The third kappa shape index (κ3) is 9.19. The van der Waals surface area contributed by atoms with Crippen LogP contribution in [0.5, 0.6) is 0 Å². The number of aliphatic hydroxyl groups excluding tert-OH is 2. The Kier molecular flexibility index (Phi) is 11.0. The third-order valence-electron chi connectivity index (χ3n) is 3.59. The minimum atomic E-state index is -1.09. The average molecular weight is 385 g/mol. The largest absolute Gasteiger partial charge is 0.480 e. The van der Waals surface area contributed by atoms with Gasteiger partial charge in [-0.2, -0.15) is 11.8 Å². The summed E-state index contributed by atoms with van der Waals surface area (Å²) in [6.07, 6.45) is -0.373. The lowest BCUT2D eigenvalue weighted by Gasteiger charge is -2.16. The van der Waals surface area contributed by atoms with E-state index < -0.39 is 30.1 Å². The van der Waals surface area contributed by atoms with Gasteiger partial charge in [0.2, 0.25) is 0 Å². The highest BCUT2D eigenvalue weighted by Gasteiger charge is 2.20. The van der Waals surface area contributed by atoms with Gasteiger partial charge in [0.05, 0.1) is 25.4 Å². The number of hydrogen-bond donors (Lipinski definition) is 4. The maximum atomic E-state index is 12.0. The molecule has 0 aliphatic carbocycles. The van der Waals surface area contributed by atoms with E-state index in [1.807, 2.05) is 6.92 Å². The minimum Gasteiger partial charge on any atom is -0.480 e. The molecule has 26 heavy (non-hydrogen) atoms. The molecule has 0 saturated heterocycles. The molecular formula is C18H27NO6S. The Bertz CT molecular complexity index is 542. The number of carboxylic acid groups (broad SMARTS) is 1. The van der Waals surface area contributed by atoms with Crippen molar-refractivity contribution in [1.29, 1.82) is 0 Å². The Labute approximate surface area is 157 Å². The Morgan fingerprint density at radius 2 is 1.81 bits per heavy atom. The lowest BCUT2D eigenvalue weighted by atomic mass is 10.1. The summed E-state index contributed by atoms with van der Waals surface area (Å²) in [5, 5.41) is 30.9. The Morgan fingerprint density at radius 3 is 2.42 bits per heavy atom. The predicted molar refractivity (Wildman–Crippen MR) is 100 cm³/mol. The van der Waals surface area contributed by atoms with Gasteiger partial charge in [0.25, 0.3) is 5.91 Å². The summed E-state index contributed by atoms with van der Waals surface area (Å²) in [6.45, 7) is 2.15. The number of benzene rings is 1. The molecule has 0 aliphatic rings. The van der Waals surface area contributed by atoms with E-state index in [0.29, 0.717) is 23.5 Å². The van der Waals surface area contributed by atoms with Crippen molar-refractivity contribution in [2.45, 2.75) is 38.0 Å². The molecule has 0 heterocycles. The molecule has 0 spiro atoms. The molecule has 1 aromatic rings. The molecule has 146 valence electrons. The van der Waals surface area contributed by atoms with Crippen molar-refractivity contribution >= 4 is 23.6 Å². The van der Waals surface area contributed by atoms with Crippen molar-refractivity contribution in [3.05, 3.63) is 35.9 Å². The second-order valence-corrected chi connectivity index (χ2v) is 7.00. The first kappa shape index (κ1) is 22.4. The first-order valence-electron chi connectivity index (χ1n) is 8.54.